The fourth-order valence-electron chi connectivity index (χ4n) is 1.85. The van der Waals surface area contributed by atoms with Gasteiger partial charge in [0.2, 0.25) is 0 Å². The molecule has 0 unspecified atom stereocenters. The first-order chi connectivity index (χ1) is 8.65. The number of halogens is 1. The summed E-state index contributed by atoms with van der Waals surface area (Å²) in [6.45, 7) is 5.57. The molecule has 0 fully saturated rings. The predicted octanol–water partition coefficient (Wildman–Crippen LogP) is 5.30. The van der Waals surface area contributed by atoms with Gasteiger partial charge in [0.05, 0.1) is 10.2 Å². The number of hydrogen-bond acceptors (Lipinski definition) is 3. The summed E-state index contributed by atoms with van der Waals surface area (Å²) in [5.41, 5.74) is 1.07. The van der Waals surface area contributed by atoms with Crippen molar-refractivity contribution in [2.45, 2.75) is 33.1 Å². The van der Waals surface area contributed by atoms with Crippen LogP contribution >= 0.6 is 27.3 Å². The third-order valence-corrected chi connectivity index (χ3v) is 4.32. The Morgan fingerprint density at radius 1 is 1.33 bits per heavy atom. The molecule has 1 aromatic carbocycles. The molecule has 2 rings (SSSR count). The van der Waals surface area contributed by atoms with Crippen LogP contribution in [0, 0.1) is 5.92 Å². The van der Waals surface area contributed by atoms with Crippen LogP contribution in [0.5, 0.6) is 0 Å². The molecular weight excluding hydrogens is 308 g/mol. The van der Waals surface area contributed by atoms with Crippen molar-refractivity contribution in [2.24, 2.45) is 5.92 Å². The van der Waals surface area contributed by atoms with Crippen LogP contribution < -0.4 is 5.32 Å². The van der Waals surface area contributed by atoms with Gasteiger partial charge in [0.15, 0.2) is 5.13 Å². The molecule has 1 heterocycles. The second-order valence-electron chi connectivity index (χ2n) is 4.95. The van der Waals surface area contributed by atoms with Gasteiger partial charge in [-0.2, -0.15) is 0 Å². The first-order valence-corrected chi connectivity index (χ1v) is 8.06. The lowest BCUT2D eigenvalue weighted by atomic mass is 10.1. The van der Waals surface area contributed by atoms with Crippen molar-refractivity contribution >= 4 is 42.6 Å². The molecule has 0 bridgehead atoms. The van der Waals surface area contributed by atoms with Gasteiger partial charge in [0.25, 0.3) is 0 Å². The second-order valence-corrected chi connectivity index (χ2v) is 6.89. The zero-order valence-electron chi connectivity index (χ0n) is 10.9. The Hall–Kier alpha value is -0.610. The van der Waals surface area contributed by atoms with Crippen molar-refractivity contribution in [3.8, 4) is 0 Å². The number of anilines is 1. The van der Waals surface area contributed by atoms with Crippen molar-refractivity contribution in [1.82, 2.24) is 4.98 Å². The van der Waals surface area contributed by atoms with E-state index in [1.165, 1.54) is 24.0 Å². The molecule has 98 valence electrons. The van der Waals surface area contributed by atoms with Gasteiger partial charge in [-0.05, 0) is 30.5 Å². The fraction of sp³-hybridized carbons (Fsp3) is 0.500. The second kappa shape index (κ2) is 6.53. The molecule has 18 heavy (non-hydrogen) atoms. The lowest BCUT2D eigenvalue weighted by Crippen LogP contribution is -2.01. The molecule has 0 aliphatic heterocycles. The van der Waals surface area contributed by atoms with Crippen LogP contribution in [0.4, 0.5) is 5.13 Å². The van der Waals surface area contributed by atoms with Crippen LogP contribution in [-0.4, -0.2) is 11.5 Å². The number of nitrogens with zero attached hydrogens (tertiary/aromatic N) is 1. The number of hydrogen-bond donors (Lipinski definition) is 1. The zero-order chi connectivity index (χ0) is 13.0. The van der Waals surface area contributed by atoms with Crippen LogP contribution in [0.1, 0.15) is 33.1 Å². The number of thiazole rings is 1. The van der Waals surface area contributed by atoms with Gasteiger partial charge < -0.3 is 5.32 Å². The highest BCUT2D eigenvalue weighted by molar-refractivity contribution is 9.10. The maximum Gasteiger partial charge on any atom is 0.183 e. The fourth-order valence-corrected chi connectivity index (χ4v) is 3.07. The number of nitrogens with one attached hydrogen (secondary N) is 1. The van der Waals surface area contributed by atoms with E-state index in [1.54, 1.807) is 11.3 Å². The molecule has 4 heteroatoms. The summed E-state index contributed by atoms with van der Waals surface area (Å²) in [5, 5.41) is 4.45. The third kappa shape index (κ3) is 3.95. The maximum absolute atomic E-state index is 4.58. The Balaban J connectivity index is 1.84. The molecule has 2 aromatic rings. The number of benzene rings is 1. The summed E-state index contributed by atoms with van der Waals surface area (Å²) in [6.07, 6.45) is 3.83. The van der Waals surface area contributed by atoms with E-state index >= 15 is 0 Å². The average Bonchev–Trinajstić information content (AvgIpc) is 2.70. The minimum Gasteiger partial charge on any atom is -0.361 e. The molecule has 0 saturated heterocycles. The summed E-state index contributed by atoms with van der Waals surface area (Å²) in [5.74, 6) is 0.810. The highest BCUT2D eigenvalue weighted by Crippen LogP contribution is 2.28. The molecule has 2 nitrogen and oxygen atoms in total. The summed E-state index contributed by atoms with van der Waals surface area (Å²) in [7, 11) is 0. The molecule has 0 atom stereocenters. The van der Waals surface area contributed by atoms with Crippen molar-refractivity contribution in [3.63, 3.8) is 0 Å². The predicted molar refractivity (Wildman–Crippen MR) is 84.5 cm³/mol. The Kier molecular flexibility index (Phi) is 5.01. The van der Waals surface area contributed by atoms with E-state index in [1.807, 2.05) is 0 Å². The number of unbranched alkanes of at least 4 members (excludes halogenated alkanes) is 1. The zero-order valence-corrected chi connectivity index (χ0v) is 13.3. The van der Waals surface area contributed by atoms with Gasteiger partial charge >= 0.3 is 0 Å². The first-order valence-electron chi connectivity index (χ1n) is 6.45. The van der Waals surface area contributed by atoms with Gasteiger partial charge in [-0.3, -0.25) is 0 Å². The normalized spacial score (nSPS) is 11.3. The van der Waals surface area contributed by atoms with Gasteiger partial charge in [-0.15, -0.1) is 0 Å². The molecular formula is C14H19BrN2S. The summed E-state index contributed by atoms with van der Waals surface area (Å²) >= 11 is 5.20. The quantitative estimate of drug-likeness (QED) is 0.729. The molecule has 0 aliphatic carbocycles. The molecule has 0 aliphatic rings. The van der Waals surface area contributed by atoms with Gasteiger partial charge in [0, 0.05) is 11.0 Å². The lowest BCUT2D eigenvalue weighted by molar-refractivity contribution is 0.545. The molecule has 1 N–H and O–H groups in total. The Labute approximate surface area is 121 Å². The minimum absolute atomic E-state index is 0.810. The molecule has 0 saturated carbocycles. The highest BCUT2D eigenvalue weighted by Gasteiger charge is 2.03. The minimum atomic E-state index is 0.810. The highest BCUT2D eigenvalue weighted by atomic mass is 79.9. The van der Waals surface area contributed by atoms with Crippen molar-refractivity contribution in [3.05, 3.63) is 22.7 Å². The van der Waals surface area contributed by atoms with Gasteiger partial charge in [-0.25, -0.2) is 4.98 Å². The summed E-state index contributed by atoms with van der Waals surface area (Å²) in [6, 6.07) is 6.24. The monoisotopic (exact) mass is 326 g/mol. The lowest BCUT2D eigenvalue weighted by Gasteiger charge is -2.04. The smallest absolute Gasteiger partial charge is 0.183 e. The van der Waals surface area contributed by atoms with Crippen molar-refractivity contribution in [2.75, 3.05) is 11.9 Å². The van der Waals surface area contributed by atoms with Crippen LogP contribution in [0.15, 0.2) is 22.7 Å². The first kappa shape index (κ1) is 13.8. The Morgan fingerprint density at radius 3 is 2.94 bits per heavy atom. The van der Waals surface area contributed by atoms with Crippen LogP contribution in [-0.2, 0) is 0 Å². The van der Waals surface area contributed by atoms with Gasteiger partial charge in [-0.1, -0.05) is 54.0 Å². The topological polar surface area (TPSA) is 24.9 Å². The molecule has 0 amide bonds. The molecule has 0 spiro atoms. The summed E-state index contributed by atoms with van der Waals surface area (Å²) in [4.78, 5) is 4.58. The number of fused-ring (bicyclic) bond motifs is 1. The standard InChI is InChI=1S/C14H19BrN2S/c1-10(2)5-3-4-8-16-14-17-12-9-11(15)6-7-13(12)18-14/h6-7,9-10H,3-5,8H2,1-2H3,(H,16,17). The average molecular weight is 327 g/mol. The van der Waals surface area contributed by atoms with Crippen LogP contribution in [0.3, 0.4) is 0 Å². The van der Waals surface area contributed by atoms with E-state index in [9.17, 15) is 0 Å². The van der Waals surface area contributed by atoms with Crippen LogP contribution in [0.2, 0.25) is 0 Å². The largest absolute Gasteiger partial charge is 0.361 e. The van der Waals surface area contributed by atoms with E-state index < -0.39 is 0 Å². The summed E-state index contributed by atoms with van der Waals surface area (Å²) < 4.78 is 2.33. The van der Waals surface area contributed by atoms with Crippen LogP contribution in [0.25, 0.3) is 10.2 Å². The molecule has 1 aromatic heterocycles. The van der Waals surface area contributed by atoms with E-state index in [0.717, 1.165) is 27.6 Å². The number of rotatable bonds is 6. The Morgan fingerprint density at radius 2 is 2.17 bits per heavy atom. The van der Waals surface area contributed by atoms with E-state index in [-0.39, 0.29) is 0 Å². The third-order valence-electron chi connectivity index (χ3n) is 2.83. The van der Waals surface area contributed by atoms with Crippen molar-refractivity contribution in [1.29, 1.82) is 0 Å². The van der Waals surface area contributed by atoms with Gasteiger partial charge in [0.1, 0.15) is 0 Å². The van der Waals surface area contributed by atoms with Crippen molar-refractivity contribution < 1.29 is 0 Å². The molecule has 0 radical (unpaired) electrons. The number of aromatic nitrogens is 1. The Bertz CT molecular complexity index is 507. The van der Waals surface area contributed by atoms with E-state index in [4.69, 9.17) is 0 Å². The maximum atomic E-state index is 4.58. The SMILES string of the molecule is CC(C)CCCCNc1nc2cc(Br)ccc2s1. The van der Waals surface area contributed by atoms with E-state index in [0.29, 0.717) is 0 Å². The van der Waals surface area contributed by atoms with E-state index in [2.05, 4.69) is 58.3 Å².